The lowest BCUT2D eigenvalue weighted by Gasteiger charge is -2.34. The zero-order chi connectivity index (χ0) is 35.2. The van der Waals surface area contributed by atoms with E-state index < -0.39 is 34.8 Å². The summed E-state index contributed by atoms with van der Waals surface area (Å²) in [6.07, 6.45) is 2.87. The number of nitrogens with one attached hydrogen (secondary N) is 4. The van der Waals surface area contributed by atoms with Gasteiger partial charge in [0.15, 0.2) is 0 Å². The number of hydrogen-bond donors (Lipinski definition) is 6. The molecule has 2 atom stereocenters. The molecule has 3 amide bonds. The highest BCUT2D eigenvalue weighted by Gasteiger charge is 2.33. The fraction of sp³-hybridized carbons (Fsp3) is 0.289. The van der Waals surface area contributed by atoms with E-state index in [0.717, 1.165) is 10.8 Å². The van der Waals surface area contributed by atoms with Crippen molar-refractivity contribution in [2.45, 2.75) is 59.1 Å². The van der Waals surface area contributed by atoms with Crippen LogP contribution in [0.3, 0.4) is 0 Å². The van der Waals surface area contributed by atoms with E-state index in [-0.39, 0.29) is 18.7 Å². The first-order chi connectivity index (χ1) is 23.3. The van der Waals surface area contributed by atoms with Gasteiger partial charge in [0.2, 0.25) is 17.7 Å². The van der Waals surface area contributed by atoms with Gasteiger partial charge in [0.1, 0.15) is 12.1 Å². The lowest BCUT2D eigenvalue weighted by atomic mass is 9.71. The summed E-state index contributed by atoms with van der Waals surface area (Å²) in [7, 11) is 0. The normalized spacial score (nSPS) is 13.0. The zero-order valence-corrected chi connectivity index (χ0v) is 28.0. The molecule has 0 saturated heterocycles. The smallest absolute Gasteiger partial charge is 0.243 e. The van der Waals surface area contributed by atoms with Gasteiger partial charge in [-0.1, -0.05) is 76.2 Å². The number of nitrogens with zero attached hydrogens (tertiary/aromatic N) is 2. The number of carbonyl (C=O) groups is 3. The van der Waals surface area contributed by atoms with Crippen molar-refractivity contribution in [3.63, 3.8) is 0 Å². The number of aliphatic hydroxyl groups is 1. The second-order valence-electron chi connectivity index (χ2n) is 13.9. The molecule has 49 heavy (non-hydrogen) atoms. The molecule has 0 bridgehead atoms. The number of para-hydroxylation sites is 2. The van der Waals surface area contributed by atoms with Gasteiger partial charge in [-0.15, -0.1) is 0 Å². The minimum atomic E-state index is -1.35. The molecule has 5 aromatic rings. The molecule has 5 rings (SSSR count). The van der Waals surface area contributed by atoms with Gasteiger partial charge >= 0.3 is 0 Å². The van der Waals surface area contributed by atoms with Crippen molar-refractivity contribution in [1.82, 2.24) is 15.4 Å². The minimum absolute atomic E-state index is 0.124. The monoisotopic (exact) mass is 662 g/mol. The third kappa shape index (κ3) is 8.95. The van der Waals surface area contributed by atoms with Crippen LogP contribution in [0.2, 0.25) is 0 Å². The molecule has 0 aliphatic carbocycles. The lowest BCUT2D eigenvalue weighted by molar-refractivity contribution is -0.131. The summed E-state index contributed by atoms with van der Waals surface area (Å²) in [6, 6.07) is 25.3. The molecule has 0 radical (unpaired) electrons. The van der Waals surface area contributed by atoms with Gasteiger partial charge in [-0.25, -0.2) is 5.48 Å². The lowest BCUT2D eigenvalue weighted by Crippen LogP contribution is -2.36. The molecule has 0 aliphatic heterocycles. The maximum Gasteiger partial charge on any atom is 0.243 e. The second kappa shape index (κ2) is 14.8. The van der Waals surface area contributed by atoms with Gasteiger partial charge in [0.25, 0.3) is 0 Å². The molecule has 0 saturated carbocycles. The van der Waals surface area contributed by atoms with Crippen LogP contribution in [0.1, 0.15) is 58.4 Å². The Hall–Kier alpha value is -5.39. The van der Waals surface area contributed by atoms with Crippen molar-refractivity contribution in [3.8, 4) is 0 Å². The number of anilines is 3. The van der Waals surface area contributed by atoms with Crippen molar-refractivity contribution < 1.29 is 24.7 Å². The number of rotatable bonds is 13. The molecule has 2 heterocycles. The molecule has 3 aromatic carbocycles. The number of pyridine rings is 2. The predicted molar refractivity (Wildman–Crippen MR) is 191 cm³/mol. The molecule has 11 heteroatoms. The Morgan fingerprint density at radius 1 is 0.694 bits per heavy atom. The van der Waals surface area contributed by atoms with E-state index in [9.17, 15) is 19.5 Å². The Kier molecular flexibility index (Phi) is 10.5. The van der Waals surface area contributed by atoms with Crippen LogP contribution in [0.25, 0.3) is 21.8 Å². The predicted octanol–water partition coefficient (Wildman–Crippen LogP) is 6.60. The number of fused-ring (bicyclic) bond motifs is 2. The van der Waals surface area contributed by atoms with Crippen LogP contribution in [0.4, 0.5) is 17.1 Å². The van der Waals surface area contributed by atoms with E-state index in [2.05, 4.69) is 25.9 Å². The quantitative estimate of drug-likeness (QED) is 0.0466. The zero-order valence-electron chi connectivity index (χ0n) is 28.0. The SMILES string of the molecule is CC(C)(CC(=O)NO)CC(C)(C)CC(=O)Nc1ccc(C(C(=O)Nc2cccc3cccnc23)C(O)Nc2cccc3cccnc23)cc1. The van der Waals surface area contributed by atoms with Crippen molar-refractivity contribution >= 4 is 56.6 Å². The van der Waals surface area contributed by atoms with Gasteiger partial charge in [-0.05, 0) is 59.2 Å². The fourth-order valence-electron chi connectivity index (χ4n) is 6.66. The fourth-order valence-corrected chi connectivity index (χ4v) is 6.66. The third-order valence-corrected chi connectivity index (χ3v) is 8.34. The molecule has 2 aromatic heterocycles. The molecule has 0 fully saturated rings. The van der Waals surface area contributed by atoms with E-state index in [1.165, 1.54) is 0 Å². The summed E-state index contributed by atoms with van der Waals surface area (Å²) >= 11 is 0. The number of aliphatic hydroxyl groups excluding tert-OH is 1. The molecular weight excluding hydrogens is 620 g/mol. The van der Waals surface area contributed by atoms with Crippen LogP contribution in [0.5, 0.6) is 0 Å². The topological polar surface area (TPSA) is 166 Å². The Balaban J connectivity index is 1.36. The number of aromatic nitrogens is 2. The van der Waals surface area contributed by atoms with Gasteiger partial charge < -0.3 is 21.1 Å². The molecule has 0 spiro atoms. The molecule has 6 N–H and O–H groups in total. The highest BCUT2D eigenvalue weighted by Crippen LogP contribution is 2.38. The van der Waals surface area contributed by atoms with Crippen molar-refractivity contribution in [1.29, 1.82) is 0 Å². The van der Waals surface area contributed by atoms with Crippen LogP contribution < -0.4 is 21.4 Å². The number of hydrogen-bond acceptors (Lipinski definition) is 8. The first kappa shape index (κ1) is 34.9. The van der Waals surface area contributed by atoms with Crippen LogP contribution in [-0.2, 0) is 14.4 Å². The highest BCUT2D eigenvalue weighted by molar-refractivity contribution is 6.03. The highest BCUT2D eigenvalue weighted by atomic mass is 16.5. The molecule has 254 valence electrons. The summed E-state index contributed by atoms with van der Waals surface area (Å²) in [5.41, 5.74) is 4.21. The van der Waals surface area contributed by atoms with E-state index in [1.54, 1.807) is 54.3 Å². The molecule has 2 unspecified atom stereocenters. The summed E-state index contributed by atoms with van der Waals surface area (Å²) < 4.78 is 0. The Morgan fingerprint density at radius 2 is 1.22 bits per heavy atom. The van der Waals surface area contributed by atoms with Crippen LogP contribution in [0.15, 0.2) is 97.3 Å². The van der Waals surface area contributed by atoms with E-state index in [1.807, 2.05) is 76.2 Å². The van der Waals surface area contributed by atoms with Crippen LogP contribution in [-0.4, -0.2) is 44.2 Å². The number of benzene rings is 3. The standard InChI is InChI=1S/C38H42N6O5/c1-37(2,23-38(3,4)22-31(46)44-49)21-30(45)41-27-17-15-24(16-18-27)32(35(47)42-28-13-5-9-25-11-7-19-39-33(25)28)36(48)43-29-14-6-10-26-12-8-20-40-34(26)29/h5-20,32,35,42,47,49H,21-23H2,1-4H3,(H,41,45)(H,43,48)(H,44,46). The Bertz CT molecular complexity index is 1950. The van der Waals surface area contributed by atoms with Gasteiger partial charge in [-0.3, -0.25) is 29.6 Å². The Morgan fingerprint density at radius 3 is 1.82 bits per heavy atom. The van der Waals surface area contributed by atoms with Gasteiger partial charge in [0, 0.05) is 41.7 Å². The molecular formula is C38H42N6O5. The molecule has 0 aliphatic rings. The minimum Gasteiger partial charge on any atom is -0.373 e. The second-order valence-corrected chi connectivity index (χ2v) is 13.9. The van der Waals surface area contributed by atoms with Crippen molar-refractivity contribution in [2.24, 2.45) is 10.8 Å². The largest absolute Gasteiger partial charge is 0.373 e. The average Bonchev–Trinajstić information content (AvgIpc) is 3.05. The maximum atomic E-state index is 14.0. The van der Waals surface area contributed by atoms with E-state index in [4.69, 9.17) is 5.21 Å². The number of hydroxylamine groups is 1. The Labute approximate surface area is 285 Å². The first-order valence-corrected chi connectivity index (χ1v) is 16.1. The maximum absolute atomic E-state index is 14.0. The van der Waals surface area contributed by atoms with E-state index in [0.29, 0.717) is 40.1 Å². The summed E-state index contributed by atoms with van der Waals surface area (Å²) in [5.74, 6) is -2.20. The summed E-state index contributed by atoms with van der Waals surface area (Å²) in [4.78, 5) is 47.7. The van der Waals surface area contributed by atoms with Crippen LogP contribution >= 0.6 is 0 Å². The third-order valence-electron chi connectivity index (χ3n) is 8.34. The first-order valence-electron chi connectivity index (χ1n) is 16.1. The van der Waals surface area contributed by atoms with Gasteiger partial charge in [0.05, 0.1) is 22.4 Å². The van der Waals surface area contributed by atoms with Crippen molar-refractivity contribution in [2.75, 3.05) is 16.0 Å². The summed E-state index contributed by atoms with van der Waals surface area (Å²) in [5, 5.41) is 31.3. The summed E-state index contributed by atoms with van der Waals surface area (Å²) in [6.45, 7) is 7.76. The number of carbonyl (C=O) groups excluding carboxylic acids is 3. The van der Waals surface area contributed by atoms with Crippen LogP contribution in [0, 0.1) is 10.8 Å². The van der Waals surface area contributed by atoms with E-state index >= 15 is 0 Å². The van der Waals surface area contributed by atoms with Gasteiger partial charge in [-0.2, -0.15) is 0 Å². The average molecular weight is 663 g/mol. The number of amides is 3. The molecule has 11 nitrogen and oxygen atoms in total. The van der Waals surface area contributed by atoms with Crippen molar-refractivity contribution in [3.05, 3.63) is 103 Å².